The maximum Gasteiger partial charge on any atom is 0.412 e. The topological polar surface area (TPSA) is 32.3 Å². The summed E-state index contributed by atoms with van der Waals surface area (Å²) in [6, 6.07) is 0. The predicted molar refractivity (Wildman–Crippen MR) is 49.3 cm³/mol. The van der Waals surface area contributed by atoms with E-state index in [2.05, 4.69) is 5.32 Å². The van der Waals surface area contributed by atoms with Crippen LogP contribution in [0.3, 0.4) is 0 Å². The van der Waals surface area contributed by atoms with Crippen molar-refractivity contribution in [1.82, 2.24) is 10.2 Å². The van der Waals surface area contributed by atoms with Gasteiger partial charge < -0.3 is 10.2 Å². The Morgan fingerprint density at radius 1 is 1.60 bits per heavy atom. The Labute approximate surface area is 85.9 Å². The van der Waals surface area contributed by atoms with Crippen LogP contribution in [0.4, 0.5) is 13.2 Å². The molecule has 0 saturated carbocycles. The summed E-state index contributed by atoms with van der Waals surface area (Å²) in [6.07, 6.45) is -3.28. The molecule has 0 bridgehead atoms. The number of carbonyl (C=O) groups excluding carboxylic acids is 1. The molecule has 1 heterocycles. The van der Waals surface area contributed by atoms with Crippen LogP contribution in [0.1, 0.15) is 6.42 Å². The summed E-state index contributed by atoms with van der Waals surface area (Å²) >= 11 is 0. The van der Waals surface area contributed by atoms with Crippen molar-refractivity contribution in [1.29, 1.82) is 0 Å². The number of halogens is 3. The van der Waals surface area contributed by atoms with Gasteiger partial charge in [0.05, 0.1) is 6.54 Å². The van der Waals surface area contributed by atoms with Crippen molar-refractivity contribution < 1.29 is 18.0 Å². The minimum absolute atomic E-state index is 0.0509. The quantitative estimate of drug-likeness (QED) is 0.705. The van der Waals surface area contributed by atoms with E-state index < -0.39 is 11.7 Å². The number of carbonyl (C=O) groups is 1. The molecular weight excluding hydrogens is 209 g/mol. The molecule has 0 aromatic rings. The van der Waals surface area contributed by atoms with Gasteiger partial charge in [0.25, 0.3) is 0 Å². The molecule has 0 aromatic carbocycles. The summed E-state index contributed by atoms with van der Waals surface area (Å²) in [5, 5.41) is 2.67. The van der Waals surface area contributed by atoms with Crippen LogP contribution in [-0.2, 0) is 4.79 Å². The van der Waals surface area contributed by atoms with Gasteiger partial charge in [0.2, 0.25) is 5.91 Å². The molecule has 0 aliphatic carbocycles. The molecule has 0 fully saturated rings. The zero-order valence-corrected chi connectivity index (χ0v) is 8.40. The fourth-order valence-electron chi connectivity index (χ4n) is 1.42. The molecule has 0 spiro atoms. The van der Waals surface area contributed by atoms with E-state index in [1.54, 1.807) is 7.05 Å². The van der Waals surface area contributed by atoms with Crippen LogP contribution in [0.2, 0.25) is 0 Å². The van der Waals surface area contributed by atoms with Gasteiger partial charge in [-0.15, -0.1) is 0 Å². The molecule has 0 aromatic heterocycles. The molecule has 0 atom stereocenters. The highest BCUT2D eigenvalue weighted by molar-refractivity contribution is 5.78. The second-order valence-electron chi connectivity index (χ2n) is 3.35. The maximum atomic E-state index is 12.2. The van der Waals surface area contributed by atoms with E-state index in [0.717, 1.165) is 6.08 Å². The fraction of sp³-hybridized carbons (Fsp3) is 0.667. The van der Waals surface area contributed by atoms with Crippen LogP contribution in [0.5, 0.6) is 0 Å². The number of rotatable bonds is 2. The average molecular weight is 222 g/mol. The van der Waals surface area contributed by atoms with Crippen molar-refractivity contribution in [3.63, 3.8) is 0 Å². The van der Waals surface area contributed by atoms with Crippen molar-refractivity contribution in [2.24, 2.45) is 0 Å². The number of likely N-dealkylation sites (N-methyl/N-ethyl adjacent to an activating group) is 1. The monoisotopic (exact) mass is 222 g/mol. The van der Waals surface area contributed by atoms with E-state index >= 15 is 0 Å². The molecule has 1 aliphatic rings. The van der Waals surface area contributed by atoms with E-state index in [-0.39, 0.29) is 32.0 Å². The predicted octanol–water partition coefficient (Wildman–Crippen LogP) is 0.927. The second-order valence-corrected chi connectivity index (χ2v) is 3.35. The van der Waals surface area contributed by atoms with Crippen LogP contribution in [-0.4, -0.2) is 43.7 Å². The summed E-state index contributed by atoms with van der Waals surface area (Å²) in [5.74, 6) is -0.171. The molecule has 1 N–H and O–H groups in total. The smallest absolute Gasteiger partial charge is 0.338 e. The van der Waals surface area contributed by atoms with Gasteiger partial charge in [0, 0.05) is 18.7 Å². The zero-order valence-electron chi connectivity index (χ0n) is 8.40. The van der Waals surface area contributed by atoms with Crippen molar-refractivity contribution in [2.45, 2.75) is 12.6 Å². The molecular formula is C9H13F3N2O. The van der Waals surface area contributed by atoms with E-state index in [1.807, 2.05) is 0 Å². The Morgan fingerprint density at radius 3 is 2.67 bits per heavy atom. The molecule has 0 radical (unpaired) electrons. The lowest BCUT2D eigenvalue weighted by Crippen LogP contribution is -2.40. The van der Waals surface area contributed by atoms with Gasteiger partial charge >= 0.3 is 6.18 Å². The van der Waals surface area contributed by atoms with Crippen molar-refractivity contribution in [3.05, 3.63) is 11.6 Å². The maximum absolute atomic E-state index is 12.2. The summed E-state index contributed by atoms with van der Waals surface area (Å²) in [6.45, 7) is 0.358. The van der Waals surface area contributed by atoms with Gasteiger partial charge in [0.1, 0.15) is 0 Å². The SMILES string of the molecule is CNCC(=O)N1CC=C(C(F)(F)F)CC1. The lowest BCUT2D eigenvalue weighted by molar-refractivity contribution is -0.131. The fourth-order valence-corrected chi connectivity index (χ4v) is 1.42. The number of hydrogen-bond acceptors (Lipinski definition) is 2. The Balaban J connectivity index is 2.54. The van der Waals surface area contributed by atoms with Crippen molar-refractivity contribution in [2.75, 3.05) is 26.7 Å². The Hall–Kier alpha value is -1.04. The first-order chi connectivity index (χ1) is 6.95. The summed E-state index contributed by atoms with van der Waals surface area (Å²) in [7, 11) is 1.62. The molecule has 0 unspecified atom stereocenters. The van der Waals surface area contributed by atoms with Gasteiger partial charge in [-0.25, -0.2) is 0 Å². The number of alkyl halides is 3. The molecule has 1 aliphatic heterocycles. The summed E-state index contributed by atoms with van der Waals surface area (Å²) in [5.41, 5.74) is -0.531. The summed E-state index contributed by atoms with van der Waals surface area (Å²) < 4.78 is 36.7. The standard InChI is InChI=1S/C9H13F3N2O/c1-13-6-8(15)14-4-2-7(3-5-14)9(10,11)12/h2,13H,3-6H2,1H3. The van der Waals surface area contributed by atoms with E-state index in [9.17, 15) is 18.0 Å². The van der Waals surface area contributed by atoms with Crippen LogP contribution in [0, 0.1) is 0 Å². The highest BCUT2D eigenvalue weighted by atomic mass is 19.4. The zero-order chi connectivity index (χ0) is 11.5. The van der Waals surface area contributed by atoms with Crippen LogP contribution >= 0.6 is 0 Å². The molecule has 86 valence electrons. The lowest BCUT2D eigenvalue weighted by Gasteiger charge is -2.27. The number of nitrogens with zero attached hydrogens (tertiary/aromatic N) is 1. The first-order valence-corrected chi connectivity index (χ1v) is 4.63. The van der Waals surface area contributed by atoms with E-state index in [4.69, 9.17) is 0 Å². The second kappa shape index (κ2) is 4.65. The Kier molecular flexibility index (Phi) is 3.73. The Bertz CT molecular complexity index is 273. The normalized spacial score (nSPS) is 17.6. The van der Waals surface area contributed by atoms with Gasteiger partial charge in [-0.05, 0) is 13.5 Å². The largest absolute Gasteiger partial charge is 0.412 e. The highest BCUT2D eigenvalue weighted by Crippen LogP contribution is 2.29. The third-order valence-corrected chi connectivity index (χ3v) is 2.25. The first-order valence-electron chi connectivity index (χ1n) is 4.63. The Morgan fingerprint density at radius 2 is 2.27 bits per heavy atom. The van der Waals surface area contributed by atoms with Gasteiger partial charge in [-0.2, -0.15) is 13.2 Å². The van der Waals surface area contributed by atoms with E-state index in [0.29, 0.717) is 0 Å². The third-order valence-electron chi connectivity index (χ3n) is 2.25. The first kappa shape index (κ1) is 12.0. The molecule has 6 heteroatoms. The minimum atomic E-state index is -4.25. The van der Waals surface area contributed by atoms with Crippen LogP contribution in [0.15, 0.2) is 11.6 Å². The van der Waals surface area contributed by atoms with Crippen LogP contribution in [0.25, 0.3) is 0 Å². The molecule has 3 nitrogen and oxygen atoms in total. The molecule has 1 amide bonds. The van der Waals surface area contributed by atoms with Crippen molar-refractivity contribution >= 4 is 5.91 Å². The minimum Gasteiger partial charge on any atom is -0.338 e. The van der Waals surface area contributed by atoms with Crippen LogP contribution < -0.4 is 5.32 Å². The van der Waals surface area contributed by atoms with E-state index in [1.165, 1.54) is 4.90 Å². The number of hydrogen-bond donors (Lipinski definition) is 1. The molecule has 15 heavy (non-hydrogen) atoms. The number of nitrogens with one attached hydrogen (secondary N) is 1. The lowest BCUT2D eigenvalue weighted by atomic mass is 10.1. The summed E-state index contributed by atoms with van der Waals surface area (Å²) in [4.78, 5) is 12.7. The van der Waals surface area contributed by atoms with Gasteiger partial charge in [-0.1, -0.05) is 6.08 Å². The average Bonchev–Trinajstić information content (AvgIpc) is 2.17. The molecule has 0 saturated heterocycles. The van der Waals surface area contributed by atoms with Crippen molar-refractivity contribution in [3.8, 4) is 0 Å². The van der Waals surface area contributed by atoms with Gasteiger partial charge in [0.15, 0.2) is 0 Å². The van der Waals surface area contributed by atoms with Gasteiger partial charge in [-0.3, -0.25) is 4.79 Å². The third kappa shape index (κ3) is 3.23. The highest BCUT2D eigenvalue weighted by Gasteiger charge is 2.35. The number of amides is 1. The molecule has 1 rings (SSSR count).